The van der Waals surface area contributed by atoms with E-state index in [1.807, 2.05) is 0 Å². The molecule has 3 unspecified atom stereocenters. The Balaban J connectivity index is 2.13. The number of likely N-dealkylation sites (tertiary alicyclic amines) is 1. The largest absolute Gasteiger partial charge is 0.480 e. The van der Waals surface area contributed by atoms with Crippen molar-refractivity contribution in [1.82, 2.24) is 4.90 Å². The fraction of sp³-hybridized carbons (Fsp3) is 0.750. The standard InChI is InChI=1S/C12H17NO6/c1-18-6-2-3-7(12(16)17)13-10(14)8-4-5-9(19-8)11(13)15/h7-9H,2-6H2,1H3,(H,16,17). The lowest BCUT2D eigenvalue weighted by Gasteiger charge is -2.33. The van der Waals surface area contributed by atoms with Crippen molar-refractivity contribution in [3.63, 3.8) is 0 Å². The van der Waals surface area contributed by atoms with Gasteiger partial charge in [-0.3, -0.25) is 14.5 Å². The predicted octanol–water partition coefficient (Wildman–Crippen LogP) is -0.217. The number of fused-ring (bicyclic) bond motifs is 2. The Morgan fingerprint density at radius 3 is 2.47 bits per heavy atom. The Bertz CT molecular complexity index is 374. The molecule has 2 fully saturated rings. The van der Waals surface area contributed by atoms with Crippen LogP contribution in [-0.4, -0.2) is 59.8 Å². The van der Waals surface area contributed by atoms with Crippen molar-refractivity contribution in [3.05, 3.63) is 0 Å². The number of carboxylic acids is 1. The third-order valence-electron chi connectivity index (χ3n) is 3.47. The normalized spacial score (nSPS) is 27.7. The topological polar surface area (TPSA) is 93.1 Å². The van der Waals surface area contributed by atoms with E-state index in [0.29, 0.717) is 25.9 Å². The summed E-state index contributed by atoms with van der Waals surface area (Å²) >= 11 is 0. The summed E-state index contributed by atoms with van der Waals surface area (Å²) in [4.78, 5) is 36.3. The molecule has 2 bridgehead atoms. The summed E-state index contributed by atoms with van der Waals surface area (Å²) in [5.74, 6) is -2.22. The van der Waals surface area contributed by atoms with Gasteiger partial charge in [-0.2, -0.15) is 0 Å². The molecule has 2 saturated heterocycles. The highest BCUT2D eigenvalue weighted by Crippen LogP contribution is 2.30. The second-order valence-corrected chi connectivity index (χ2v) is 4.73. The average molecular weight is 271 g/mol. The van der Waals surface area contributed by atoms with Crippen LogP contribution in [0.2, 0.25) is 0 Å². The first-order chi connectivity index (χ1) is 9.06. The van der Waals surface area contributed by atoms with Crippen molar-refractivity contribution < 1.29 is 29.0 Å². The van der Waals surface area contributed by atoms with Crippen LogP contribution >= 0.6 is 0 Å². The maximum atomic E-state index is 12.1. The number of carbonyl (C=O) groups is 3. The van der Waals surface area contributed by atoms with Crippen molar-refractivity contribution in [2.24, 2.45) is 0 Å². The van der Waals surface area contributed by atoms with E-state index in [0.717, 1.165) is 4.90 Å². The van der Waals surface area contributed by atoms with Gasteiger partial charge in [0.05, 0.1) is 0 Å². The van der Waals surface area contributed by atoms with Crippen molar-refractivity contribution in [2.45, 2.75) is 43.9 Å². The minimum Gasteiger partial charge on any atom is -0.480 e. The molecule has 0 aliphatic carbocycles. The smallest absolute Gasteiger partial charge is 0.326 e. The van der Waals surface area contributed by atoms with Crippen LogP contribution < -0.4 is 0 Å². The molecule has 0 radical (unpaired) electrons. The van der Waals surface area contributed by atoms with Crippen LogP contribution in [0.25, 0.3) is 0 Å². The zero-order chi connectivity index (χ0) is 14.0. The molecular formula is C12H17NO6. The number of hydrogen-bond acceptors (Lipinski definition) is 5. The maximum Gasteiger partial charge on any atom is 0.326 e. The molecule has 2 aliphatic heterocycles. The second kappa shape index (κ2) is 5.66. The fourth-order valence-electron chi connectivity index (χ4n) is 2.51. The molecule has 106 valence electrons. The number of morpholine rings is 1. The molecule has 19 heavy (non-hydrogen) atoms. The van der Waals surface area contributed by atoms with E-state index in [2.05, 4.69) is 0 Å². The number of carboxylic acid groups (broad SMARTS) is 1. The molecule has 2 amide bonds. The quantitative estimate of drug-likeness (QED) is 0.530. The number of hydrogen-bond donors (Lipinski definition) is 1. The summed E-state index contributed by atoms with van der Waals surface area (Å²) in [6, 6.07) is -1.12. The van der Waals surface area contributed by atoms with Crippen LogP contribution in [0.1, 0.15) is 25.7 Å². The Kier molecular flexibility index (Phi) is 4.16. The molecule has 0 spiro atoms. The Labute approximate surface area is 110 Å². The van der Waals surface area contributed by atoms with Crippen LogP contribution in [0, 0.1) is 0 Å². The second-order valence-electron chi connectivity index (χ2n) is 4.73. The number of nitrogens with zero attached hydrogens (tertiary/aromatic N) is 1. The van der Waals surface area contributed by atoms with Crippen LogP contribution in [-0.2, 0) is 23.9 Å². The number of amides is 2. The monoisotopic (exact) mass is 271 g/mol. The van der Waals surface area contributed by atoms with Gasteiger partial charge in [0.15, 0.2) is 0 Å². The SMILES string of the molecule is COCCCC(C(=O)O)N1C(=O)C2CCC(O2)C1=O. The Hall–Kier alpha value is -1.47. The summed E-state index contributed by atoms with van der Waals surface area (Å²) in [5.41, 5.74) is 0. The minimum absolute atomic E-state index is 0.195. The molecule has 2 rings (SSSR count). The first-order valence-electron chi connectivity index (χ1n) is 6.30. The number of imide groups is 1. The van der Waals surface area contributed by atoms with Gasteiger partial charge in [-0.25, -0.2) is 4.79 Å². The molecule has 7 nitrogen and oxygen atoms in total. The van der Waals surface area contributed by atoms with E-state index < -0.39 is 36.0 Å². The van der Waals surface area contributed by atoms with Crippen LogP contribution in [0.15, 0.2) is 0 Å². The van der Waals surface area contributed by atoms with E-state index >= 15 is 0 Å². The summed E-state index contributed by atoms with van der Waals surface area (Å²) in [7, 11) is 1.51. The van der Waals surface area contributed by atoms with Crippen LogP contribution in [0.5, 0.6) is 0 Å². The molecule has 2 heterocycles. The van der Waals surface area contributed by atoms with E-state index in [4.69, 9.17) is 9.47 Å². The third kappa shape index (κ3) is 2.62. The lowest BCUT2D eigenvalue weighted by molar-refractivity contribution is -0.176. The Morgan fingerprint density at radius 1 is 1.42 bits per heavy atom. The highest BCUT2D eigenvalue weighted by molar-refractivity contribution is 6.05. The molecule has 3 atom stereocenters. The first-order valence-corrected chi connectivity index (χ1v) is 6.30. The van der Waals surface area contributed by atoms with Crippen LogP contribution in [0.4, 0.5) is 0 Å². The maximum absolute atomic E-state index is 12.1. The van der Waals surface area contributed by atoms with Gasteiger partial charge in [0.25, 0.3) is 11.8 Å². The lowest BCUT2D eigenvalue weighted by atomic mass is 10.1. The number of carbonyl (C=O) groups excluding carboxylic acids is 2. The average Bonchev–Trinajstić information content (AvgIpc) is 2.81. The number of methoxy groups -OCH3 is 1. The molecule has 0 saturated carbocycles. The highest BCUT2D eigenvalue weighted by atomic mass is 16.5. The number of ether oxygens (including phenoxy) is 2. The molecule has 7 heteroatoms. The van der Waals surface area contributed by atoms with Gasteiger partial charge in [-0.15, -0.1) is 0 Å². The minimum atomic E-state index is -1.17. The van der Waals surface area contributed by atoms with E-state index in [-0.39, 0.29) is 6.42 Å². The molecule has 0 aromatic heterocycles. The van der Waals surface area contributed by atoms with Crippen molar-refractivity contribution in [1.29, 1.82) is 0 Å². The van der Waals surface area contributed by atoms with E-state index in [1.165, 1.54) is 7.11 Å². The zero-order valence-corrected chi connectivity index (χ0v) is 10.7. The number of aliphatic carboxylic acids is 1. The Morgan fingerprint density at radius 2 is 2.00 bits per heavy atom. The molecule has 1 N–H and O–H groups in total. The zero-order valence-electron chi connectivity index (χ0n) is 10.7. The molecule has 0 aromatic carbocycles. The summed E-state index contributed by atoms with van der Waals surface area (Å²) in [6.45, 7) is 0.392. The van der Waals surface area contributed by atoms with E-state index in [9.17, 15) is 19.5 Å². The fourth-order valence-corrected chi connectivity index (χ4v) is 2.51. The van der Waals surface area contributed by atoms with Crippen molar-refractivity contribution in [2.75, 3.05) is 13.7 Å². The molecule has 2 aliphatic rings. The van der Waals surface area contributed by atoms with Gasteiger partial charge in [0.1, 0.15) is 18.2 Å². The van der Waals surface area contributed by atoms with Crippen LogP contribution in [0.3, 0.4) is 0 Å². The van der Waals surface area contributed by atoms with Crippen molar-refractivity contribution >= 4 is 17.8 Å². The van der Waals surface area contributed by atoms with Gasteiger partial charge in [-0.1, -0.05) is 0 Å². The summed E-state index contributed by atoms with van der Waals surface area (Å²) in [6.07, 6.45) is 0.312. The first kappa shape index (κ1) is 14.0. The lowest BCUT2D eigenvalue weighted by Crippen LogP contribution is -2.58. The highest BCUT2D eigenvalue weighted by Gasteiger charge is 2.50. The van der Waals surface area contributed by atoms with Crippen molar-refractivity contribution in [3.8, 4) is 0 Å². The predicted molar refractivity (Wildman–Crippen MR) is 62.3 cm³/mol. The van der Waals surface area contributed by atoms with Gasteiger partial charge in [0, 0.05) is 13.7 Å². The van der Waals surface area contributed by atoms with E-state index in [1.54, 1.807) is 0 Å². The molecular weight excluding hydrogens is 254 g/mol. The van der Waals surface area contributed by atoms with Gasteiger partial charge in [0.2, 0.25) is 0 Å². The summed E-state index contributed by atoms with van der Waals surface area (Å²) in [5, 5.41) is 9.23. The van der Waals surface area contributed by atoms with Gasteiger partial charge in [-0.05, 0) is 25.7 Å². The van der Waals surface area contributed by atoms with Gasteiger partial charge < -0.3 is 14.6 Å². The molecule has 0 aromatic rings. The summed E-state index contributed by atoms with van der Waals surface area (Å²) < 4.78 is 10.1. The number of rotatable bonds is 6. The van der Waals surface area contributed by atoms with Gasteiger partial charge >= 0.3 is 5.97 Å². The third-order valence-corrected chi connectivity index (χ3v) is 3.47.